The zero-order valence-electron chi connectivity index (χ0n) is 13.0. The Labute approximate surface area is 125 Å². The molecule has 3 aromatic rings. The number of benzene rings is 2. The summed E-state index contributed by atoms with van der Waals surface area (Å²) in [5, 5.41) is 4.77. The van der Waals surface area contributed by atoms with Crippen molar-refractivity contribution in [3.8, 4) is 0 Å². The van der Waals surface area contributed by atoms with Crippen molar-refractivity contribution in [3.63, 3.8) is 0 Å². The van der Waals surface area contributed by atoms with Crippen LogP contribution in [0.3, 0.4) is 0 Å². The molecule has 1 atom stereocenters. The van der Waals surface area contributed by atoms with Crippen LogP contribution in [0.2, 0.25) is 0 Å². The molecule has 0 spiro atoms. The zero-order valence-corrected chi connectivity index (χ0v) is 13.0. The SMILES string of the molecule is Cc1cccc(NC(C)c2oc3ccccc3c2C)c1C. The molecule has 2 heteroatoms. The standard InChI is InChI=1S/C19H21NO/c1-12-8-7-10-17(13(12)2)20-15(4)19-14(3)16-9-5-6-11-18(16)21-19/h5-11,15,20H,1-4H3. The van der Waals surface area contributed by atoms with Gasteiger partial charge in [-0.3, -0.25) is 0 Å². The molecule has 0 radical (unpaired) electrons. The van der Waals surface area contributed by atoms with Gasteiger partial charge in [0, 0.05) is 16.6 Å². The van der Waals surface area contributed by atoms with Gasteiger partial charge in [-0.15, -0.1) is 0 Å². The summed E-state index contributed by atoms with van der Waals surface area (Å²) in [5.41, 5.74) is 5.93. The van der Waals surface area contributed by atoms with E-state index < -0.39 is 0 Å². The number of hydrogen-bond acceptors (Lipinski definition) is 2. The Morgan fingerprint density at radius 2 is 1.67 bits per heavy atom. The summed E-state index contributed by atoms with van der Waals surface area (Å²) in [4.78, 5) is 0. The van der Waals surface area contributed by atoms with E-state index in [1.807, 2.05) is 12.1 Å². The summed E-state index contributed by atoms with van der Waals surface area (Å²) >= 11 is 0. The van der Waals surface area contributed by atoms with E-state index in [0.717, 1.165) is 11.3 Å². The molecule has 2 nitrogen and oxygen atoms in total. The summed E-state index contributed by atoms with van der Waals surface area (Å²) in [5.74, 6) is 1.01. The van der Waals surface area contributed by atoms with E-state index in [-0.39, 0.29) is 6.04 Å². The molecule has 108 valence electrons. The average molecular weight is 279 g/mol. The first kappa shape index (κ1) is 13.7. The molecule has 2 aromatic carbocycles. The molecule has 0 saturated carbocycles. The van der Waals surface area contributed by atoms with Gasteiger partial charge in [0.2, 0.25) is 0 Å². The van der Waals surface area contributed by atoms with Gasteiger partial charge in [-0.2, -0.15) is 0 Å². The maximum Gasteiger partial charge on any atom is 0.134 e. The number of furan rings is 1. The molecule has 1 aromatic heterocycles. The highest BCUT2D eigenvalue weighted by molar-refractivity contribution is 5.82. The van der Waals surface area contributed by atoms with E-state index in [1.165, 1.54) is 27.8 Å². The van der Waals surface area contributed by atoms with Crippen LogP contribution in [0.1, 0.15) is 35.4 Å². The Morgan fingerprint density at radius 3 is 2.43 bits per heavy atom. The Balaban J connectivity index is 1.95. The summed E-state index contributed by atoms with van der Waals surface area (Å²) in [6.07, 6.45) is 0. The maximum absolute atomic E-state index is 6.04. The van der Waals surface area contributed by atoms with Gasteiger partial charge in [-0.1, -0.05) is 30.3 Å². The monoisotopic (exact) mass is 279 g/mol. The Morgan fingerprint density at radius 1 is 0.905 bits per heavy atom. The second-order valence-electron chi connectivity index (χ2n) is 5.70. The van der Waals surface area contributed by atoms with Crippen LogP contribution in [-0.2, 0) is 0 Å². The lowest BCUT2D eigenvalue weighted by atomic mass is 10.1. The lowest BCUT2D eigenvalue weighted by Crippen LogP contribution is -2.08. The van der Waals surface area contributed by atoms with Gasteiger partial charge in [-0.05, 0) is 51.0 Å². The topological polar surface area (TPSA) is 25.2 Å². The van der Waals surface area contributed by atoms with Crippen molar-refractivity contribution in [2.75, 3.05) is 5.32 Å². The van der Waals surface area contributed by atoms with Gasteiger partial charge in [0.15, 0.2) is 0 Å². The second-order valence-corrected chi connectivity index (χ2v) is 5.70. The van der Waals surface area contributed by atoms with Crippen molar-refractivity contribution in [2.24, 2.45) is 0 Å². The van der Waals surface area contributed by atoms with Crippen molar-refractivity contribution in [2.45, 2.75) is 33.7 Å². The molecule has 0 saturated heterocycles. The number of anilines is 1. The first-order chi connectivity index (χ1) is 10.1. The van der Waals surface area contributed by atoms with Gasteiger partial charge in [0.25, 0.3) is 0 Å². The summed E-state index contributed by atoms with van der Waals surface area (Å²) in [7, 11) is 0. The number of aryl methyl sites for hydroxylation is 2. The maximum atomic E-state index is 6.04. The normalized spacial score (nSPS) is 12.6. The minimum Gasteiger partial charge on any atom is -0.459 e. The average Bonchev–Trinajstić information content (AvgIpc) is 2.82. The van der Waals surface area contributed by atoms with Crippen LogP contribution in [0.25, 0.3) is 11.0 Å². The van der Waals surface area contributed by atoms with Gasteiger partial charge in [-0.25, -0.2) is 0 Å². The molecule has 0 bridgehead atoms. The third-order valence-corrected chi connectivity index (χ3v) is 4.25. The molecule has 0 aliphatic heterocycles. The number of nitrogens with one attached hydrogen (secondary N) is 1. The minimum atomic E-state index is 0.137. The van der Waals surface area contributed by atoms with E-state index in [9.17, 15) is 0 Å². The largest absolute Gasteiger partial charge is 0.459 e. The van der Waals surface area contributed by atoms with E-state index in [0.29, 0.717) is 0 Å². The first-order valence-corrected chi connectivity index (χ1v) is 7.38. The smallest absolute Gasteiger partial charge is 0.134 e. The van der Waals surface area contributed by atoms with Crippen LogP contribution < -0.4 is 5.32 Å². The summed E-state index contributed by atoms with van der Waals surface area (Å²) in [6, 6.07) is 14.7. The number of para-hydroxylation sites is 1. The number of rotatable bonds is 3. The molecule has 1 heterocycles. The third kappa shape index (κ3) is 2.42. The Bertz CT molecular complexity index is 785. The molecular weight excluding hydrogens is 258 g/mol. The summed E-state index contributed by atoms with van der Waals surface area (Å²) in [6.45, 7) is 8.56. The highest BCUT2D eigenvalue weighted by Crippen LogP contribution is 2.31. The van der Waals surface area contributed by atoms with Gasteiger partial charge in [0.1, 0.15) is 11.3 Å². The van der Waals surface area contributed by atoms with Crippen LogP contribution in [0.5, 0.6) is 0 Å². The molecule has 0 aliphatic rings. The predicted octanol–water partition coefficient (Wildman–Crippen LogP) is 5.53. The fourth-order valence-corrected chi connectivity index (χ4v) is 2.81. The Hall–Kier alpha value is -2.22. The minimum absolute atomic E-state index is 0.137. The quantitative estimate of drug-likeness (QED) is 0.681. The van der Waals surface area contributed by atoms with Crippen molar-refractivity contribution in [3.05, 3.63) is 64.9 Å². The van der Waals surface area contributed by atoms with E-state index in [2.05, 4.69) is 63.3 Å². The second kappa shape index (κ2) is 5.28. The van der Waals surface area contributed by atoms with Crippen LogP contribution >= 0.6 is 0 Å². The fraction of sp³-hybridized carbons (Fsp3) is 0.263. The van der Waals surface area contributed by atoms with Gasteiger partial charge < -0.3 is 9.73 Å². The van der Waals surface area contributed by atoms with Crippen molar-refractivity contribution >= 4 is 16.7 Å². The molecule has 1 N–H and O–H groups in total. The van der Waals surface area contributed by atoms with Crippen LogP contribution in [0.4, 0.5) is 5.69 Å². The molecular formula is C19H21NO. The van der Waals surface area contributed by atoms with Gasteiger partial charge >= 0.3 is 0 Å². The molecule has 0 aliphatic carbocycles. The third-order valence-electron chi connectivity index (χ3n) is 4.25. The Kier molecular flexibility index (Phi) is 3.46. The number of hydrogen-bond donors (Lipinski definition) is 1. The molecule has 1 unspecified atom stereocenters. The van der Waals surface area contributed by atoms with E-state index >= 15 is 0 Å². The highest BCUT2D eigenvalue weighted by atomic mass is 16.3. The number of fused-ring (bicyclic) bond motifs is 1. The van der Waals surface area contributed by atoms with E-state index in [4.69, 9.17) is 4.42 Å². The highest BCUT2D eigenvalue weighted by Gasteiger charge is 2.16. The van der Waals surface area contributed by atoms with Crippen LogP contribution in [0.15, 0.2) is 46.9 Å². The van der Waals surface area contributed by atoms with Crippen molar-refractivity contribution < 1.29 is 4.42 Å². The summed E-state index contributed by atoms with van der Waals surface area (Å²) < 4.78 is 6.04. The molecule has 3 rings (SSSR count). The van der Waals surface area contributed by atoms with Gasteiger partial charge in [0.05, 0.1) is 6.04 Å². The van der Waals surface area contributed by atoms with Crippen LogP contribution in [0, 0.1) is 20.8 Å². The zero-order chi connectivity index (χ0) is 15.0. The van der Waals surface area contributed by atoms with Crippen molar-refractivity contribution in [1.82, 2.24) is 0 Å². The fourth-order valence-electron chi connectivity index (χ4n) is 2.81. The lowest BCUT2D eigenvalue weighted by molar-refractivity contribution is 0.522. The van der Waals surface area contributed by atoms with Crippen molar-refractivity contribution in [1.29, 1.82) is 0 Å². The molecule has 21 heavy (non-hydrogen) atoms. The first-order valence-electron chi connectivity index (χ1n) is 7.38. The molecule has 0 fully saturated rings. The van der Waals surface area contributed by atoms with Crippen LogP contribution in [-0.4, -0.2) is 0 Å². The molecule has 0 amide bonds. The predicted molar refractivity (Wildman–Crippen MR) is 88.9 cm³/mol. The van der Waals surface area contributed by atoms with E-state index in [1.54, 1.807) is 0 Å². The lowest BCUT2D eigenvalue weighted by Gasteiger charge is -2.17.